The molecule has 1 atom stereocenters. The fourth-order valence-corrected chi connectivity index (χ4v) is 2.47. The summed E-state index contributed by atoms with van der Waals surface area (Å²) in [5, 5.41) is 2.79. The molecule has 5 nitrogen and oxygen atoms in total. The summed E-state index contributed by atoms with van der Waals surface area (Å²) in [6.45, 7) is 1.70. The van der Waals surface area contributed by atoms with Gasteiger partial charge in [-0.25, -0.2) is 4.39 Å². The first-order chi connectivity index (χ1) is 10.4. The van der Waals surface area contributed by atoms with Gasteiger partial charge in [-0.3, -0.25) is 9.59 Å². The molecule has 1 fully saturated rings. The number of anilines is 1. The summed E-state index contributed by atoms with van der Waals surface area (Å²) in [6.07, 6.45) is 0.161. The molecule has 1 aromatic carbocycles. The Morgan fingerprint density at radius 3 is 2.86 bits per heavy atom. The van der Waals surface area contributed by atoms with Crippen LogP contribution >= 0.6 is 11.6 Å². The third-order valence-electron chi connectivity index (χ3n) is 3.59. The Labute approximate surface area is 134 Å². The molecule has 22 heavy (non-hydrogen) atoms. The second-order valence-electron chi connectivity index (χ2n) is 5.66. The highest BCUT2D eigenvalue weighted by Gasteiger charge is 2.34. The van der Waals surface area contributed by atoms with Crippen LogP contribution in [0.1, 0.15) is 6.42 Å². The number of halogens is 2. The summed E-state index contributed by atoms with van der Waals surface area (Å²) in [6, 6.07) is 4.06. The van der Waals surface area contributed by atoms with Gasteiger partial charge in [0.15, 0.2) is 0 Å². The van der Waals surface area contributed by atoms with Crippen LogP contribution in [0, 0.1) is 11.7 Å². The number of nitrogens with zero attached hydrogens (tertiary/aromatic N) is 2. The van der Waals surface area contributed by atoms with Gasteiger partial charge in [-0.05, 0) is 32.3 Å². The highest BCUT2D eigenvalue weighted by atomic mass is 35.5. The zero-order valence-corrected chi connectivity index (χ0v) is 13.4. The molecular weight excluding hydrogens is 309 g/mol. The SMILES string of the molecule is CN(C)CCN1CC(C(=O)Nc2ccc(Cl)cc2F)CC1=O. The zero-order chi connectivity index (χ0) is 16.3. The predicted molar refractivity (Wildman–Crippen MR) is 83.3 cm³/mol. The lowest BCUT2D eigenvalue weighted by atomic mass is 10.1. The average molecular weight is 328 g/mol. The third kappa shape index (κ3) is 4.18. The molecule has 0 aromatic heterocycles. The van der Waals surface area contributed by atoms with Crippen molar-refractivity contribution in [3.8, 4) is 0 Å². The molecule has 7 heteroatoms. The van der Waals surface area contributed by atoms with E-state index in [1.807, 2.05) is 19.0 Å². The van der Waals surface area contributed by atoms with Gasteiger partial charge in [0.05, 0.1) is 11.6 Å². The van der Waals surface area contributed by atoms with Crippen LogP contribution in [0.25, 0.3) is 0 Å². The number of benzene rings is 1. The largest absolute Gasteiger partial charge is 0.341 e. The van der Waals surface area contributed by atoms with Crippen molar-refractivity contribution in [1.29, 1.82) is 0 Å². The van der Waals surface area contributed by atoms with Crippen LogP contribution in [-0.2, 0) is 9.59 Å². The van der Waals surface area contributed by atoms with E-state index in [-0.39, 0.29) is 28.9 Å². The molecule has 0 spiro atoms. The fraction of sp³-hybridized carbons (Fsp3) is 0.467. The Bertz CT molecular complexity index is 580. The molecule has 0 radical (unpaired) electrons. The van der Waals surface area contributed by atoms with Crippen LogP contribution in [0.4, 0.5) is 10.1 Å². The lowest BCUT2D eigenvalue weighted by Crippen LogP contribution is -2.34. The molecule has 1 unspecified atom stereocenters. The second kappa shape index (κ2) is 7.07. The lowest BCUT2D eigenvalue weighted by Gasteiger charge is -2.19. The molecule has 0 saturated carbocycles. The van der Waals surface area contributed by atoms with Crippen LogP contribution in [0.2, 0.25) is 5.02 Å². The van der Waals surface area contributed by atoms with Crippen molar-refractivity contribution >= 4 is 29.1 Å². The van der Waals surface area contributed by atoms with E-state index in [2.05, 4.69) is 5.32 Å². The Morgan fingerprint density at radius 1 is 1.50 bits per heavy atom. The van der Waals surface area contributed by atoms with Gasteiger partial charge < -0.3 is 15.1 Å². The maximum absolute atomic E-state index is 13.7. The summed E-state index contributed by atoms with van der Waals surface area (Å²) in [4.78, 5) is 27.7. The van der Waals surface area contributed by atoms with Crippen molar-refractivity contribution in [2.75, 3.05) is 39.0 Å². The van der Waals surface area contributed by atoms with Crippen LogP contribution in [0.15, 0.2) is 18.2 Å². The topological polar surface area (TPSA) is 52.6 Å². The van der Waals surface area contributed by atoms with Crippen molar-refractivity contribution in [3.05, 3.63) is 29.0 Å². The second-order valence-corrected chi connectivity index (χ2v) is 6.09. The Morgan fingerprint density at radius 2 is 2.23 bits per heavy atom. The van der Waals surface area contributed by atoms with E-state index in [1.165, 1.54) is 12.1 Å². The molecule has 1 heterocycles. The Balaban J connectivity index is 1.95. The van der Waals surface area contributed by atoms with E-state index in [9.17, 15) is 14.0 Å². The summed E-state index contributed by atoms with van der Waals surface area (Å²) in [5.74, 6) is -1.43. The number of hydrogen-bond acceptors (Lipinski definition) is 3. The number of rotatable bonds is 5. The van der Waals surface area contributed by atoms with E-state index in [0.717, 1.165) is 12.6 Å². The molecule has 1 aliphatic rings. The van der Waals surface area contributed by atoms with Gasteiger partial charge >= 0.3 is 0 Å². The molecule has 120 valence electrons. The monoisotopic (exact) mass is 327 g/mol. The van der Waals surface area contributed by atoms with E-state index in [4.69, 9.17) is 11.6 Å². The fourth-order valence-electron chi connectivity index (χ4n) is 2.31. The van der Waals surface area contributed by atoms with Gasteiger partial charge in [0.1, 0.15) is 5.82 Å². The molecule has 1 saturated heterocycles. The van der Waals surface area contributed by atoms with Gasteiger partial charge in [0, 0.05) is 31.1 Å². The molecule has 0 bridgehead atoms. The summed E-state index contributed by atoms with van der Waals surface area (Å²) in [5.41, 5.74) is 0.0774. The van der Waals surface area contributed by atoms with Gasteiger partial charge in [-0.15, -0.1) is 0 Å². The smallest absolute Gasteiger partial charge is 0.229 e. The molecule has 1 aromatic rings. The number of carbonyl (C=O) groups excluding carboxylic acids is 2. The number of likely N-dealkylation sites (N-methyl/N-ethyl adjacent to an activating group) is 1. The van der Waals surface area contributed by atoms with Gasteiger partial charge in [0.2, 0.25) is 11.8 Å². The lowest BCUT2D eigenvalue weighted by molar-refractivity contribution is -0.128. The molecular formula is C15H19ClFN3O2. The van der Waals surface area contributed by atoms with Gasteiger partial charge in [-0.1, -0.05) is 11.6 Å². The number of likely N-dealkylation sites (tertiary alicyclic amines) is 1. The minimum atomic E-state index is -0.588. The van der Waals surface area contributed by atoms with E-state index < -0.39 is 11.7 Å². The normalized spacial score (nSPS) is 18.1. The first-order valence-corrected chi connectivity index (χ1v) is 7.43. The maximum atomic E-state index is 13.7. The molecule has 0 aliphatic carbocycles. The Kier molecular flexibility index (Phi) is 5.37. The molecule has 2 rings (SSSR count). The Hall–Kier alpha value is -1.66. The highest BCUT2D eigenvalue weighted by molar-refractivity contribution is 6.30. The molecule has 1 aliphatic heterocycles. The minimum Gasteiger partial charge on any atom is -0.341 e. The van der Waals surface area contributed by atoms with Crippen molar-refractivity contribution in [2.45, 2.75) is 6.42 Å². The van der Waals surface area contributed by atoms with Gasteiger partial charge in [-0.2, -0.15) is 0 Å². The zero-order valence-electron chi connectivity index (χ0n) is 12.6. The average Bonchev–Trinajstić information content (AvgIpc) is 2.81. The van der Waals surface area contributed by atoms with Crippen LogP contribution in [0.3, 0.4) is 0 Å². The minimum absolute atomic E-state index is 0.0430. The van der Waals surface area contributed by atoms with E-state index in [0.29, 0.717) is 13.1 Å². The standard InChI is InChI=1S/C15H19ClFN3O2/c1-19(2)5-6-20-9-10(7-14(20)21)15(22)18-13-4-3-11(16)8-12(13)17/h3-4,8,10H,5-7,9H2,1-2H3,(H,18,22). The maximum Gasteiger partial charge on any atom is 0.229 e. The number of carbonyl (C=O) groups is 2. The first-order valence-electron chi connectivity index (χ1n) is 7.05. The molecule has 2 amide bonds. The number of hydrogen-bond donors (Lipinski definition) is 1. The van der Waals surface area contributed by atoms with E-state index >= 15 is 0 Å². The molecule has 1 N–H and O–H groups in total. The summed E-state index contributed by atoms with van der Waals surface area (Å²) < 4.78 is 13.7. The number of amides is 2. The number of nitrogens with one attached hydrogen (secondary N) is 1. The first kappa shape index (κ1) is 16.7. The van der Waals surface area contributed by atoms with E-state index in [1.54, 1.807) is 4.90 Å². The van der Waals surface area contributed by atoms with Crippen LogP contribution in [-0.4, -0.2) is 55.3 Å². The van der Waals surface area contributed by atoms with Crippen molar-refractivity contribution in [3.63, 3.8) is 0 Å². The van der Waals surface area contributed by atoms with Crippen LogP contribution < -0.4 is 5.32 Å². The van der Waals surface area contributed by atoms with Crippen molar-refractivity contribution in [1.82, 2.24) is 9.80 Å². The third-order valence-corrected chi connectivity index (χ3v) is 3.83. The summed E-state index contributed by atoms with van der Waals surface area (Å²) in [7, 11) is 3.85. The van der Waals surface area contributed by atoms with Gasteiger partial charge in [0.25, 0.3) is 0 Å². The predicted octanol–water partition coefficient (Wildman–Crippen LogP) is 1.83. The highest BCUT2D eigenvalue weighted by Crippen LogP contribution is 2.22. The van der Waals surface area contributed by atoms with Crippen molar-refractivity contribution < 1.29 is 14.0 Å². The summed E-state index contributed by atoms with van der Waals surface area (Å²) >= 11 is 5.67. The quantitative estimate of drug-likeness (QED) is 0.897. The van der Waals surface area contributed by atoms with Crippen LogP contribution in [0.5, 0.6) is 0 Å². The van der Waals surface area contributed by atoms with Crippen molar-refractivity contribution in [2.24, 2.45) is 5.92 Å².